The van der Waals surface area contributed by atoms with Crippen molar-refractivity contribution in [1.82, 2.24) is 4.98 Å². The van der Waals surface area contributed by atoms with Crippen LogP contribution in [0.5, 0.6) is 0 Å². The van der Waals surface area contributed by atoms with Gasteiger partial charge in [0.25, 0.3) is 0 Å². The van der Waals surface area contributed by atoms with Crippen LogP contribution in [0.25, 0.3) is 0 Å². The zero-order valence-electron chi connectivity index (χ0n) is 10.9. The molecule has 0 amide bonds. The lowest BCUT2D eigenvalue weighted by Gasteiger charge is -2.05. The molecule has 96 valence electrons. The molecule has 0 atom stereocenters. The lowest BCUT2D eigenvalue weighted by molar-refractivity contribution is -0.117. The highest BCUT2D eigenvalue weighted by atomic mass is 16.1. The Hall–Kier alpha value is -1.96. The van der Waals surface area contributed by atoms with Gasteiger partial charge in [0.15, 0.2) is 0 Å². The minimum Gasteiger partial charge on any atom is -0.299 e. The first-order valence-corrected chi connectivity index (χ1v) is 6.82. The van der Waals surface area contributed by atoms with E-state index in [9.17, 15) is 4.79 Å². The summed E-state index contributed by atoms with van der Waals surface area (Å²) in [5, 5.41) is 0. The Bertz CT molecular complexity index is 589. The van der Waals surface area contributed by atoms with Gasteiger partial charge in [-0.2, -0.15) is 0 Å². The molecule has 0 saturated heterocycles. The average molecular weight is 251 g/mol. The normalized spacial score (nSPS) is 13.3. The average Bonchev–Trinajstić information content (AvgIpc) is 2.87. The number of hydrogen-bond acceptors (Lipinski definition) is 2. The van der Waals surface area contributed by atoms with Crippen LogP contribution in [0.1, 0.15) is 28.7 Å². The topological polar surface area (TPSA) is 30.0 Å². The molecule has 0 radical (unpaired) electrons. The number of Topliss-reactive ketones (excluding diaryl/α,β-unsaturated/α-hetero) is 1. The number of hydrogen-bond donors (Lipinski definition) is 0. The first-order valence-electron chi connectivity index (χ1n) is 6.82. The second-order valence-electron chi connectivity index (χ2n) is 5.20. The molecule has 1 aliphatic carbocycles. The fraction of sp³-hybridized carbons (Fsp3) is 0.294. The predicted octanol–water partition coefficient (Wildman–Crippen LogP) is 2.92. The van der Waals surface area contributed by atoms with E-state index in [0.717, 1.165) is 11.1 Å². The molecule has 1 aromatic heterocycles. The molecule has 2 heteroatoms. The molecule has 0 spiro atoms. The molecule has 19 heavy (non-hydrogen) atoms. The summed E-state index contributed by atoms with van der Waals surface area (Å²) in [5.41, 5.74) is 5.10. The van der Waals surface area contributed by atoms with Gasteiger partial charge < -0.3 is 0 Å². The Kier molecular flexibility index (Phi) is 3.41. The number of aryl methyl sites for hydroxylation is 2. The van der Waals surface area contributed by atoms with E-state index in [1.165, 1.54) is 30.4 Å². The van der Waals surface area contributed by atoms with Gasteiger partial charge in [-0.15, -0.1) is 0 Å². The molecular weight excluding hydrogens is 234 g/mol. The molecule has 2 nitrogen and oxygen atoms in total. The first kappa shape index (κ1) is 12.1. The molecular formula is C17H17NO. The van der Waals surface area contributed by atoms with E-state index >= 15 is 0 Å². The number of carbonyl (C=O) groups excluding carboxylic acids is 1. The first-order chi connectivity index (χ1) is 9.31. The number of fused-ring (bicyclic) bond motifs is 1. The van der Waals surface area contributed by atoms with Crippen molar-refractivity contribution >= 4 is 5.78 Å². The van der Waals surface area contributed by atoms with Crippen molar-refractivity contribution in [3.63, 3.8) is 0 Å². The maximum atomic E-state index is 12.1. The quantitative estimate of drug-likeness (QED) is 0.836. The third kappa shape index (κ3) is 2.90. The van der Waals surface area contributed by atoms with Gasteiger partial charge in [0.2, 0.25) is 0 Å². The summed E-state index contributed by atoms with van der Waals surface area (Å²) >= 11 is 0. The van der Waals surface area contributed by atoms with Crippen LogP contribution in [0.4, 0.5) is 0 Å². The standard InChI is InChI=1S/C17H17NO/c19-17(11-13-6-8-18-9-7-13)12-14-4-5-15-2-1-3-16(15)10-14/h4-10H,1-3,11-12H2. The van der Waals surface area contributed by atoms with E-state index < -0.39 is 0 Å². The highest BCUT2D eigenvalue weighted by Gasteiger charge is 2.12. The van der Waals surface area contributed by atoms with Crippen LogP contribution in [-0.2, 0) is 30.5 Å². The summed E-state index contributed by atoms with van der Waals surface area (Å²) in [7, 11) is 0. The molecule has 0 N–H and O–H groups in total. The molecule has 0 unspecified atom stereocenters. The van der Waals surface area contributed by atoms with Crippen molar-refractivity contribution in [2.24, 2.45) is 0 Å². The summed E-state index contributed by atoms with van der Waals surface area (Å²) in [6, 6.07) is 10.3. The Morgan fingerprint density at radius 1 is 0.947 bits per heavy atom. The largest absolute Gasteiger partial charge is 0.299 e. The highest BCUT2D eigenvalue weighted by molar-refractivity contribution is 5.83. The number of nitrogens with zero attached hydrogens (tertiary/aromatic N) is 1. The van der Waals surface area contributed by atoms with E-state index in [4.69, 9.17) is 0 Å². The zero-order valence-corrected chi connectivity index (χ0v) is 10.9. The van der Waals surface area contributed by atoms with Crippen LogP contribution in [0.3, 0.4) is 0 Å². The Morgan fingerprint density at radius 2 is 1.68 bits per heavy atom. The minimum absolute atomic E-state index is 0.268. The monoisotopic (exact) mass is 251 g/mol. The van der Waals surface area contributed by atoms with Crippen LogP contribution in [0.15, 0.2) is 42.7 Å². The second kappa shape index (κ2) is 5.35. The summed E-state index contributed by atoms with van der Waals surface area (Å²) in [5.74, 6) is 0.268. The van der Waals surface area contributed by atoms with Crippen LogP contribution in [0.2, 0.25) is 0 Å². The smallest absolute Gasteiger partial charge is 0.141 e. The van der Waals surface area contributed by atoms with E-state index in [1.807, 2.05) is 12.1 Å². The Labute approximate surface area is 113 Å². The van der Waals surface area contributed by atoms with Gasteiger partial charge in [-0.3, -0.25) is 9.78 Å². The summed E-state index contributed by atoms with van der Waals surface area (Å²) in [6.07, 6.45) is 8.12. The van der Waals surface area contributed by atoms with Gasteiger partial charge in [-0.25, -0.2) is 0 Å². The molecule has 3 rings (SSSR count). The molecule has 0 bridgehead atoms. The highest BCUT2D eigenvalue weighted by Crippen LogP contribution is 2.23. The summed E-state index contributed by atoms with van der Waals surface area (Å²) in [4.78, 5) is 16.0. The SMILES string of the molecule is O=C(Cc1ccncc1)Cc1ccc2c(c1)CCC2. The van der Waals surface area contributed by atoms with Crippen molar-refractivity contribution in [2.45, 2.75) is 32.1 Å². The van der Waals surface area contributed by atoms with Crippen molar-refractivity contribution in [3.8, 4) is 0 Å². The van der Waals surface area contributed by atoms with Crippen LogP contribution in [-0.4, -0.2) is 10.8 Å². The van der Waals surface area contributed by atoms with Crippen LogP contribution >= 0.6 is 0 Å². The van der Waals surface area contributed by atoms with Gasteiger partial charge in [0.1, 0.15) is 5.78 Å². The Balaban J connectivity index is 1.66. The summed E-state index contributed by atoms with van der Waals surface area (Å²) < 4.78 is 0. The lowest BCUT2D eigenvalue weighted by atomic mass is 10.00. The van der Waals surface area contributed by atoms with E-state index in [1.54, 1.807) is 12.4 Å². The number of carbonyl (C=O) groups is 1. The molecule has 2 aromatic rings. The number of pyridine rings is 1. The lowest BCUT2D eigenvalue weighted by Crippen LogP contribution is -2.07. The number of benzene rings is 1. The van der Waals surface area contributed by atoms with Crippen molar-refractivity contribution < 1.29 is 4.79 Å². The molecule has 0 aliphatic heterocycles. The molecule has 0 saturated carbocycles. The van der Waals surface area contributed by atoms with Gasteiger partial charge in [0.05, 0.1) is 0 Å². The fourth-order valence-electron chi connectivity index (χ4n) is 2.75. The van der Waals surface area contributed by atoms with Crippen molar-refractivity contribution in [1.29, 1.82) is 0 Å². The van der Waals surface area contributed by atoms with Gasteiger partial charge in [-0.05, 0) is 53.6 Å². The van der Waals surface area contributed by atoms with Gasteiger partial charge in [-0.1, -0.05) is 18.2 Å². The molecule has 1 aromatic carbocycles. The van der Waals surface area contributed by atoms with E-state index in [2.05, 4.69) is 23.2 Å². The van der Waals surface area contributed by atoms with Crippen molar-refractivity contribution in [2.75, 3.05) is 0 Å². The third-order valence-electron chi connectivity index (χ3n) is 3.71. The van der Waals surface area contributed by atoms with Gasteiger partial charge in [0, 0.05) is 25.2 Å². The van der Waals surface area contributed by atoms with Crippen LogP contribution < -0.4 is 0 Å². The van der Waals surface area contributed by atoms with Crippen molar-refractivity contribution in [3.05, 3.63) is 65.0 Å². The fourth-order valence-corrected chi connectivity index (χ4v) is 2.75. The van der Waals surface area contributed by atoms with E-state index in [-0.39, 0.29) is 5.78 Å². The molecule has 1 aliphatic rings. The Morgan fingerprint density at radius 3 is 2.53 bits per heavy atom. The van der Waals surface area contributed by atoms with Crippen LogP contribution in [0, 0.1) is 0 Å². The van der Waals surface area contributed by atoms with E-state index in [0.29, 0.717) is 12.8 Å². The molecule has 1 heterocycles. The predicted molar refractivity (Wildman–Crippen MR) is 75.1 cm³/mol. The third-order valence-corrected chi connectivity index (χ3v) is 3.71. The zero-order chi connectivity index (χ0) is 13.1. The summed E-state index contributed by atoms with van der Waals surface area (Å²) in [6.45, 7) is 0. The number of rotatable bonds is 4. The maximum Gasteiger partial charge on any atom is 0.141 e. The second-order valence-corrected chi connectivity index (χ2v) is 5.20. The number of ketones is 1. The molecule has 0 fully saturated rings. The number of aromatic nitrogens is 1. The maximum absolute atomic E-state index is 12.1. The van der Waals surface area contributed by atoms with Gasteiger partial charge >= 0.3 is 0 Å². The minimum atomic E-state index is 0.268.